The van der Waals surface area contributed by atoms with Crippen molar-refractivity contribution in [3.05, 3.63) is 60.2 Å². The average Bonchev–Trinajstić information content (AvgIpc) is 2.65. The van der Waals surface area contributed by atoms with E-state index in [-0.39, 0.29) is 17.3 Å². The Bertz CT molecular complexity index is 769. The zero-order valence-electron chi connectivity index (χ0n) is 15.3. The Kier molecular flexibility index (Phi) is 7.23. The first kappa shape index (κ1) is 20.5. The molecule has 4 nitrogen and oxygen atoms in total. The van der Waals surface area contributed by atoms with Gasteiger partial charge in [-0.05, 0) is 55.5 Å². The van der Waals surface area contributed by atoms with Crippen LogP contribution in [0.5, 0.6) is 5.75 Å². The molecule has 0 aliphatic heterocycles. The van der Waals surface area contributed by atoms with Crippen LogP contribution in [0.25, 0.3) is 0 Å². The highest BCUT2D eigenvalue weighted by molar-refractivity contribution is 7.92. The molecule has 26 heavy (non-hydrogen) atoms. The largest absolute Gasteiger partial charge is 0.508 e. The van der Waals surface area contributed by atoms with Crippen molar-refractivity contribution in [1.29, 1.82) is 0 Å². The zero-order chi connectivity index (χ0) is 19.0. The molecule has 2 aromatic rings. The van der Waals surface area contributed by atoms with Crippen LogP contribution in [0.4, 0.5) is 0 Å². The highest BCUT2D eigenvalue weighted by Crippen LogP contribution is 2.44. The van der Waals surface area contributed by atoms with E-state index in [1.165, 1.54) is 24.3 Å². The van der Waals surface area contributed by atoms with E-state index in [1.54, 1.807) is 0 Å². The van der Waals surface area contributed by atoms with Crippen LogP contribution >= 0.6 is 0 Å². The molecule has 0 bridgehead atoms. The Morgan fingerprint density at radius 3 is 2.08 bits per heavy atom. The van der Waals surface area contributed by atoms with Gasteiger partial charge in [0.25, 0.3) is 0 Å². The van der Waals surface area contributed by atoms with Crippen molar-refractivity contribution in [2.75, 3.05) is 6.61 Å². The van der Waals surface area contributed by atoms with E-state index in [9.17, 15) is 18.6 Å². The van der Waals surface area contributed by atoms with Gasteiger partial charge < -0.3 is 10.2 Å². The normalized spacial score (nSPS) is 14.1. The molecule has 5 heteroatoms. The number of aliphatic hydroxyl groups is 1. The quantitative estimate of drug-likeness (QED) is 0.602. The number of phenols is 1. The fourth-order valence-electron chi connectivity index (χ4n) is 3.42. The molecule has 0 radical (unpaired) electrons. The molecule has 0 aromatic heterocycles. The second-order valence-corrected chi connectivity index (χ2v) is 8.90. The number of aliphatic hydroxyl groups excluding tert-OH is 1. The van der Waals surface area contributed by atoms with Crippen LogP contribution in [0.3, 0.4) is 0 Å². The van der Waals surface area contributed by atoms with Crippen molar-refractivity contribution in [1.82, 2.24) is 0 Å². The summed E-state index contributed by atoms with van der Waals surface area (Å²) in [5, 5.41) is 18.7. The highest BCUT2D eigenvalue weighted by atomic mass is 32.2. The summed E-state index contributed by atoms with van der Waals surface area (Å²) in [6.07, 6.45) is 3.90. The lowest BCUT2D eigenvalue weighted by atomic mass is 9.88. The van der Waals surface area contributed by atoms with Gasteiger partial charge in [-0.2, -0.15) is 0 Å². The molecule has 0 fully saturated rings. The lowest BCUT2D eigenvalue weighted by Gasteiger charge is -2.34. The average molecular weight is 377 g/mol. The van der Waals surface area contributed by atoms with Gasteiger partial charge in [0.2, 0.25) is 0 Å². The summed E-state index contributed by atoms with van der Waals surface area (Å²) in [6, 6.07) is 15.2. The summed E-state index contributed by atoms with van der Waals surface area (Å²) in [7, 11) is -3.68. The standard InChI is InChI=1S/C21H28O4S/c1-2-3-15-21(16-7-8-17-22,18-9-5-4-6-10-18)26(24,25)20-13-11-19(23)12-14-20/h4-6,9-14,22-23H,2-3,7-8,15-17H2,1H3. The van der Waals surface area contributed by atoms with Gasteiger partial charge in [0, 0.05) is 6.61 Å². The first-order valence-electron chi connectivity index (χ1n) is 9.18. The van der Waals surface area contributed by atoms with Gasteiger partial charge in [-0.25, -0.2) is 8.42 Å². The van der Waals surface area contributed by atoms with Crippen LogP contribution in [-0.4, -0.2) is 25.2 Å². The third kappa shape index (κ3) is 4.27. The molecular weight excluding hydrogens is 348 g/mol. The number of phenolic OH excluding ortho intramolecular Hbond substituents is 1. The Hall–Kier alpha value is -1.85. The Morgan fingerprint density at radius 1 is 0.885 bits per heavy atom. The van der Waals surface area contributed by atoms with Gasteiger partial charge in [0.1, 0.15) is 10.5 Å². The van der Waals surface area contributed by atoms with Crippen LogP contribution in [-0.2, 0) is 14.6 Å². The molecule has 0 aliphatic rings. The van der Waals surface area contributed by atoms with E-state index in [0.29, 0.717) is 25.7 Å². The minimum absolute atomic E-state index is 0.0445. The van der Waals surface area contributed by atoms with Gasteiger partial charge in [0.05, 0.1) is 4.90 Å². The van der Waals surface area contributed by atoms with E-state index < -0.39 is 14.6 Å². The molecular formula is C21H28O4S. The fourth-order valence-corrected chi connectivity index (χ4v) is 5.63. The third-order valence-electron chi connectivity index (χ3n) is 4.88. The summed E-state index contributed by atoms with van der Waals surface area (Å²) >= 11 is 0. The predicted molar refractivity (Wildman–Crippen MR) is 104 cm³/mol. The Morgan fingerprint density at radius 2 is 1.50 bits per heavy atom. The summed E-state index contributed by atoms with van der Waals surface area (Å²) in [5.74, 6) is 0.0445. The number of hydrogen-bond donors (Lipinski definition) is 2. The lowest BCUT2D eigenvalue weighted by molar-refractivity contribution is 0.277. The van der Waals surface area contributed by atoms with Crippen molar-refractivity contribution in [2.45, 2.75) is 55.1 Å². The topological polar surface area (TPSA) is 74.6 Å². The van der Waals surface area contributed by atoms with Crippen molar-refractivity contribution < 1.29 is 18.6 Å². The van der Waals surface area contributed by atoms with E-state index in [0.717, 1.165) is 18.4 Å². The maximum atomic E-state index is 13.7. The second kappa shape index (κ2) is 9.19. The molecule has 0 saturated carbocycles. The van der Waals surface area contributed by atoms with Crippen molar-refractivity contribution in [3.8, 4) is 5.75 Å². The first-order chi connectivity index (χ1) is 12.5. The van der Waals surface area contributed by atoms with Crippen molar-refractivity contribution in [2.24, 2.45) is 0 Å². The maximum absolute atomic E-state index is 13.7. The molecule has 1 unspecified atom stereocenters. The third-order valence-corrected chi connectivity index (χ3v) is 7.45. The van der Waals surface area contributed by atoms with Gasteiger partial charge in [-0.1, -0.05) is 50.1 Å². The monoisotopic (exact) mass is 376 g/mol. The molecule has 142 valence electrons. The fraction of sp³-hybridized carbons (Fsp3) is 0.429. The number of rotatable bonds is 10. The number of sulfone groups is 1. The Labute approximate surface area is 156 Å². The second-order valence-electron chi connectivity index (χ2n) is 6.64. The van der Waals surface area contributed by atoms with Gasteiger partial charge in [0.15, 0.2) is 9.84 Å². The SMILES string of the molecule is CCCCC(CCCCO)(c1ccccc1)S(=O)(=O)c1ccc(O)cc1. The van der Waals surface area contributed by atoms with Crippen LogP contribution in [0.15, 0.2) is 59.5 Å². The number of aromatic hydroxyl groups is 1. The predicted octanol–water partition coefficient (Wildman–Crippen LogP) is 4.41. The molecule has 0 saturated heterocycles. The number of hydrogen-bond acceptors (Lipinski definition) is 4. The van der Waals surface area contributed by atoms with Crippen molar-refractivity contribution >= 4 is 9.84 Å². The first-order valence-corrected chi connectivity index (χ1v) is 10.7. The molecule has 0 heterocycles. The Balaban J connectivity index is 2.60. The summed E-state index contributed by atoms with van der Waals surface area (Å²) < 4.78 is 26.4. The summed E-state index contributed by atoms with van der Waals surface area (Å²) in [4.78, 5) is 0.222. The van der Waals surface area contributed by atoms with E-state index >= 15 is 0 Å². The molecule has 2 N–H and O–H groups in total. The molecule has 2 aromatic carbocycles. The number of benzene rings is 2. The van der Waals surface area contributed by atoms with Crippen LogP contribution in [0.2, 0.25) is 0 Å². The lowest BCUT2D eigenvalue weighted by Crippen LogP contribution is -2.36. The highest BCUT2D eigenvalue weighted by Gasteiger charge is 2.45. The zero-order valence-corrected chi connectivity index (χ0v) is 16.1. The van der Waals surface area contributed by atoms with Crippen LogP contribution in [0, 0.1) is 0 Å². The van der Waals surface area contributed by atoms with E-state index in [1.807, 2.05) is 30.3 Å². The molecule has 0 amide bonds. The van der Waals surface area contributed by atoms with Gasteiger partial charge >= 0.3 is 0 Å². The minimum atomic E-state index is -3.68. The minimum Gasteiger partial charge on any atom is -0.508 e. The number of unbranched alkanes of at least 4 members (excludes halogenated alkanes) is 2. The molecule has 0 spiro atoms. The summed E-state index contributed by atoms with van der Waals surface area (Å²) in [6.45, 7) is 2.11. The molecule has 1 atom stereocenters. The van der Waals surface area contributed by atoms with E-state index in [2.05, 4.69) is 6.92 Å². The van der Waals surface area contributed by atoms with Crippen molar-refractivity contribution in [3.63, 3.8) is 0 Å². The maximum Gasteiger partial charge on any atom is 0.188 e. The van der Waals surface area contributed by atoms with Gasteiger partial charge in [-0.15, -0.1) is 0 Å². The van der Waals surface area contributed by atoms with Crippen LogP contribution < -0.4 is 0 Å². The van der Waals surface area contributed by atoms with E-state index in [4.69, 9.17) is 0 Å². The van der Waals surface area contributed by atoms with Crippen LogP contribution in [0.1, 0.15) is 51.0 Å². The smallest absolute Gasteiger partial charge is 0.188 e. The molecule has 0 aliphatic carbocycles. The molecule has 2 rings (SSSR count). The van der Waals surface area contributed by atoms with Gasteiger partial charge in [-0.3, -0.25) is 0 Å². The summed E-state index contributed by atoms with van der Waals surface area (Å²) in [5.41, 5.74) is 0.791.